The summed E-state index contributed by atoms with van der Waals surface area (Å²) < 4.78 is 0.893. The minimum atomic E-state index is -2.60. The zero-order chi connectivity index (χ0) is 13.4. The van der Waals surface area contributed by atoms with Crippen molar-refractivity contribution in [1.29, 1.82) is 0 Å². The first kappa shape index (κ1) is 18.3. The number of nitrogens with zero attached hydrogens (tertiary/aromatic N) is 2. The average Bonchev–Trinajstić information content (AvgIpc) is 2.58. The third-order valence-corrected chi connectivity index (χ3v) is 2.32. The molecular weight excluding hydrogens is 361 g/mol. The second-order valence-corrected chi connectivity index (χ2v) is 21.9. The zero-order valence-electron chi connectivity index (χ0n) is 10.3. The molecule has 0 fully saturated rings. The fraction of sp³-hybridized carbons (Fsp3) is 0.700. The molecule has 0 bridgehead atoms. The van der Waals surface area contributed by atoms with Crippen LogP contribution in [0.5, 0.6) is 0 Å². The van der Waals surface area contributed by atoms with Crippen LogP contribution in [0.15, 0.2) is 17.4 Å². The van der Waals surface area contributed by atoms with Gasteiger partial charge >= 0.3 is 8.49 Å². The summed E-state index contributed by atoms with van der Waals surface area (Å²) in [5.74, 6) is 0. The largest absolute Gasteiger partial charge is 0.534 e. The Labute approximate surface area is 126 Å². The van der Waals surface area contributed by atoms with E-state index >= 15 is 0 Å². The van der Waals surface area contributed by atoms with Crippen molar-refractivity contribution in [2.45, 2.75) is 32.6 Å². The van der Waals surface area contributed by atoms with E-state index in [1.54, 1.807) is 0 Å². The van der Waals surface area contributed by atoms with Crippen LogP contribution in [0, 0.1) is 0 Å². The molecule has 0 aromatic heterocycles. The Bertz CT molecular complexity index is 249. The summed E-state index contributed by atoms with van der Waals surface area (Å²) in [4.78, 5) is 4.10. The van der Waals surface area contributed by atoms with Crippen molar-refractivity contribution in [3.63, 3.8) is 0 Å². The van der Waals surface area contributed by atoms with Crippen molar-refractivity contribution in [1.82, 2.24) is 0 Å². The Morgan fingerprint density at radius 1 is 1.24 bits per heavy atom. The Morgan fingerprint density at radius 2 is 1.82 bits per heavy atom. The molecule has 0 aromatic rings. The fourth-order valence-corrected chi connectivity index (χ4v) is 1.43. The van der Waals surface area contributed by atoms with Crippen LogP contribution < -0.4 is 0 Å². The average molecular weight is 381 g/mol. The third-order valence-electron chi connectivity index (χ3n) is 2.32. The van der Waals surface area contributed by atoms with Crippen LogP contribution in [0.2, 0.25) is 0 Å². The SMILES string of the molecule is CCCCCC[N+]1(C)C=CN=C1.[Cl][Al-]([Cl])([Cl])[Br]. The van der Waals surface area contributed by atoms with Crippen LogP contribution in [0.25, 0.3) is 0 Å². The first-order valence-corrected chi connectivity index (χ1v) is 14.1. The van der Waals surface area contributed by atoms with E-state index in [4.69, 9.17) is 30.1 Å². The molecule has 1 rings (SSSR count). The second-order valence-electron chi connectivity index (χ2n) is 4.19. The smallest absolute Gasteiger partial charge is 0.396 e. The number of quaternary nitrogens is 1. The van der Waals surface area contributed by atoms with Crippen molar-refractivity contribution in [3.05, 3.63) is 12.4 Å². The van der Waals surface area contributed by atoms with E-state index in [0.717, 1.165) is 4.48 Å². The molecule has 7 heteroatoms. The van der Waals surface area contributed by atoms with Gasteiger partial charge in [-0.15, -0.1) is 0 Å². The summed E-state index contributed by atoms with van der Waals surface area (Å²) >= 11 is 2.84. The predicted molar refractivity (Wildman–Crippen MR) is 85.1 cm³/mol. The van der Waals surface area contributed by atoms with Gasteiger partial charge in [-0.2, -0.15) is 0 Å². The minimum Gasteiger partial charge on any atom is -0.396 e. The molecule has 0 saturated heterocycles. The number of hydrogen-bond donors (Lipinski definition) is 0. The highest BCUT2D eigenvalue weighted by molar-refractivity contribution is 9.30. The summed E-state index contributed by atoms with van der Waals surface area (Å²) in [6.07, 6.45) is 11.4. The first-order chi connectivity index (χ1) is 7.77. The van der Waals surface area contributed by atoms with E-state index in [-0.39, 0.29) is 0 Å². The van der Waals surface area contributed by atoms with Gasteiger partial charge in [0.25, 0.3) is 0 Å². The topological polar surface area (TPSA) is 12.4 Å². The highest BCUT2D eigenvalue weighted by Gasteiger charge is 2.17. The van der Waals surface area contributed by atoms with Crippen LogP contribution in [0.1, 0.15) is 32.6 Å². The van der Waals surface area contributed by atoms with Gasteiger partial charge in [0.15, 0.2) is 6.34 Å². The summed E-state index contributed by atoms with van der Waals surface area (Å²) in [5, 5.41) is 0. The number of rotatable bonds is 5. The van der Waals surface area contributed by atoms with Gasteiger partial charge in [0, 0.05) is 0 Å². The molecule has 17 heavy (non-hydrogen) atoms. The van der Waals surface area contributed by atoms with Gasteiger partial charge in [-0.1, -0.05) is 19.8 Å². The number of hydrogen-bond acceptors (Lipinski definition) is 1. The van der Waals surface area contributed by atoms with Crippen LogP contribution in [0.4, 0.5) is 0 Å². The van der Waals surface area contributed by atoms with E-state index in [9.17, 15) is 0 Å². The predicted octanol–water partition coefficient (Wildman–Crippen LogP) is 5.06. The number of unbranched alkanes of at least 4 members (excludes halogenated alkanes) is 3. The molecule has 1 unspecified atom stereocenters. The van der Waals surface area contributed by atoms with E-state index in [2.05, 4.69) is 39.2 Å². The van der Waals surface area contributed by atoms with Crippen molar-refractivity contribution in [3.8, 4) is 0 Å². The van der Waals surface area contributed by atoms with Gasteiger partial charge in [0.05, 0.1) is 19.8 Å². The Balaban J connectivity index is 0.000000437. The van der Waals surface area contributed by atoms with Crippen molar-refractivity contribution >= 4 is 59.0 Å². The van der Waals surface area contributed by atoms with E-state index in [1.807, 2.05) is 12.5 Å². The lowest BCUT2D eigenvalue weighted by atomic mass is 10.2. The molecule has 0 aliphatic carbocycles. The first-order valence-electron chi connectivity index (χ1n) is 5.71. The Hall–Kier alpha value is 1.25. The standard InChI is InChI=1S/C10H19N2.Al.BrH.3ClH/c1-3-4-5-6-8-12(2)9-7-11-10-12;;;;;/h7,9-10H,3-6,8H2,1-2H3;;4*1H/q+1;+3;;;;/p-4. The molecule has 1 aliphatic heterocycles. The van der Waals surface area contributed by atoms with Crippen LogP contribution in [0.3, 0.4) is 0 Å². The third kappa shape index (κ3) is 13.5. The van der Waals surface area contributed by atoms with E-state index < -0.39 is 8.49 Å². The molecule has 0 aromatic carbocycles. The summed E-state index contributed by atoms with van der Waals surface area (Å²) in [7, 11) is 15.0. The molecule has 0 N–H and O–H groups in total. The highest BCUT2D eigenvalue weighted by atomic mass is 79.9. The zero-order valence-corrected chi connectivity index (χ0v) is 15.3. The maximum Gasteiger partial charge on any atom is 0.534 e. The van der Waals surface area contributed by atoms with Gasteiger partial charge in [-0.3, -0.25) is 4.48 Å². The molecule has 2 nitrogen and oxygen atoms in total. The molecule has 0 radical (unpaired) electrons. The molecule has 0 saturated carbocycles. The Morgan fingerprint density at radius 3 is 2.24 bits per heavy atom. The molecule has 1 heterocycles. The molecular formula is C10H19AlBrCl3N2. The van der Waals surface area contributed by atoms with Gasteiger partial charge in [0.1, 0.15) is 6.20 Å². The van der Waals surface area contributed by atoms with Gasteiger partial charge in [-0.25, -0.2) is 4.99 Å². The molecule has 1 atom stereocenters. The highest BCUT2D eigenvalue weighted by Crippen LogP contribution is 2.25. The van der Waals surface area contributed by atoms with Crippen LogP contribution in [-0.4, -0.2) is 32.9 Å². The number of halogens is 4. The summed E-state index contributed by atoms with van der Waals surface area (Å²) in [6, 6.07) is 0. The molecule has 0 spiro atoms. The van der Waals surface area contributed by atoms with Crippen molar-refractivity contribution in [2.24, 2.45) is 4.99 Å². The Kier molecular flexibility index (Phi) is 9.88. The van der Waals surface area contributed by atoms with E-state index in [0.29, 0.717) is 0 Å². The maximum absolute atomic E-state index is 5.14. The summed E-state index contributed by atoms with van der Waals surface area (Å²) in [6.45, 7) is 3.44. The number of aliphatic imine (C=N–C) groups is 1. The lowest BCUT2D eigenvalue weighted by Crippen LogP contribution is -2.35. The molecule has 100 valence electrons. The normalized spacial score (nSPS) is 22.5. The maximum atomic E-state index is 5.14. The minimum absolute atomic E-state index is 0.893. The van der Waals surface area contributed by atoms with Gasteiger partial charge in [-0.05, 0) is 12.8 Å². The van der Waals surface area contributed by atoms with Crippen molar-refractivity contribution < 1.29 is 4.48 Å². The lowest BCUT2D eigenvalue weighted by molar-refractivity contribution is -0.756. The quantitative estimate of drug-likeness (QED) is 0.359. The molecule has 0 amide bonds. The van der Waals surface area contributed by atoms with Crippen molar-refractivity contribution in [2.75, 3.05) is 13.6 Å². The van der Waals surface area contributed by atoms with Crippen LogP contribution in [-0.2, 0) is 0 Å². The second kappa shape index (κ2) is 9.20. The van der Waals surface area contributed by atoms with E-state index in [1.165, 1.54) is 32.2 Å². The fourth-order valence-electron chi connectivity index (χ4n) is 1.43. The monoisotopic (exact) mass is 378 g/mol. The lowest BCUT2D eigenvalue weighted by Gasteiger charge is -2.21. The van der Waals surface area contributed by atoms with Gasteiger partial charge < -0.3 is 44.2 Å². The molecule has 1 aliphatic rings. The summed E-state index contributed by atoms with van der Waals surface area (Å²) in [5.41, 5.74) is 0. The van der Waals surface area contributed by atoms with Gasteiger partial charge in [0.2, 0.25) is 0 Å². The van der Waals surface area contributed by atoms with Crippen LogP contribution >= 0.6 is 44.2 Å².